The fourth-order valence-electron chi connectivity index (χ4n) is 3.01. The SMILES string of the molecule is COc1ccc(C(NC(=O)CNC(=O)Cc2cccc(F)c2)C2CC2)cc1. The molecular formula is C21H23FN2O3. The molecule has 2 aromatic rings. The van der Waals surface area contributed by atoms with Gasteiger partial charge < -0.3 is 15.4 Å². The Morgan fingerprint density at radius 2 is 1.89 bits per heavy atom. The second-order valence-corrected chi connectivity index (χ2v) is 6.74. The average Bonchev–Trinajstić information content (AvgIpc) is 3.50. The van der Waals surface area contributed by atoms with Gasteiger partial charge in [-0.05, 0) is 54.2 Å². The van der Waals surface area contributed by atoms with Crippen molar-refractivity contribution in [2.24, 2.45) is 5.92 Å². The molecule has 1 atom stereocenters. The van der Waals surface area contributed by atoms with Crippen LogP contribution in [0.15, 0.2) is 48.5 Å². The lowest BCUT2D eigenvalue weighted by molar-refractivity contribution is -0.126. The highest BCUT2D eigenvalue weighted by molar-refractivity contribution is 5.85. The van der Waals surface area contributed by atoms with E-state index in [2.05, 4.69) is 10.6 Å². The maximum atomic E-state index is 13.2. The Labute approximate surface area is 157 Å². The molecule has 2 aromatic carbocycles. The van der Waals surface area contributed by atoms with Gasteiger partial charge in [-0.2, -0.15) is 0 Å². The zero-order valence-corrected chi connectivity index (χ0v) is 15.2. The largest absolute Gasteiger partial charge is 0.497 e. The number of carbonyl (C=O) groups is 2. The molecule has 1 aliphatic rings. The zero-order chi connectivity index (χ0) is 19.2. The highest BCUT2D eigenvalue weighted by Gasteiger charge is 2.33. The van der Waals surface area contributed by atoms with E-state index < -0.39 is 0 Å². The number of hydrogen-bond donors (Lipinski definition) is 2. The maximum Gasteiger partial charge on any atom is 0.239 e. The van der Waals surface area contributed by atoms with Gasteiger partial charge in [-0.25, -0.2) is 4.39 Å². The van der Waals surface area contributed by atoms with Gasteiger partial charge in [0.25, 0.3) is 0 Å². The van der Waals surface area contributed by atoms with Crippen LogP contribution in [0.3, 0.4) is 0 Å². The summed E-state index contributed by atoms with van der Waals surface area (Å²) in [6, 6.07) is 13.4. The van der Waals surface area contributed by atoms with E-state index >= 15 is 0 Å². The van der Waals surface area contributed by atoms with Crippen molar-refractivity contribution in [2.75, 3.05) is 13.7 Å². The first-order chi connectivity index (χ1) is 13.0. The normalized spacial score (nSPS) is 14.3. The summed E-state index contributed by atoms with van der Waals surface area (Å²) in [5.41, 5.74) is 1.60. The third kappa shape index (κ3) is 5.54. The van der Waals surface area contributed by atoms with Crippen molar-refractivity contribution in [3.05, 3.63) is 65.5 Å². The zero-order valence-electron chi connectivity index (χ0n) is 15.2. The molecular weight excluding hydrogens is 347 g/mol. The Hall–Kier alpha value is -2.89. The van der Waals surface area contributed by atoms with E-state index in [0.717, 1.165) is 24.2 Å². The van der Waals surface area contributed by atoms with E-state index in [4.69, 9.17) is 4.74 Å². The smallest absolute Gasteiger partial charge is 0.239 e. The molecule has 1 fully saturated rings. The number of methoxy groups -OCH3 is 1. The molecule has 3 rings (SSSR count). The molecule has 2 N–H and O–H groups in total. The van der Waals surface area contributed by atoms with Crippen LogP contribution in [0.25, 0.3) is 0 Å². The summed E-state index contributed by atoms with van der Waals surface area (Å²) in [5, 5.41) is 5.60. The van der Waals surface area contributed by atoms with Gasteiger partial charge in [-0.15, -0.1) is 0 Å². The Morgan fingerprint density at radius 3 is 2.52 bits per heavy atom. The highest BCUT2D eigenvalue weighted by Crippen LogP contribution is 2.41. The number of nitrogens with one attached hydrogen (secondary N) is 2. The second kappa shape index (κ2) is 8.66. The summed E-state index contributed by atoms with van der Waals surface area (Å²) >= 11 is 0. The van der Waals surface area contributed by atoms with E-state index in [-0.39, 0.29) is 36.6 Å². The monoisotopic (exact) mass is 370 g/mol. The molecule has 0 aromatic heterocycles. The van der Waals surface area contributed by atoms with E-state index in [0.29, 0.717) is 11.5 Å². The van der Waals surface area contributed by atoms with Gasteiger partial charge in [0.15, 0.2) is 0 Å². The van der Waals surface area contributed by atoms with Gasteiger partial charge in [0, 0.05) is 0 Å². The van der Waals surface area contributed by atoms with Gasteiger partial charge in [0.1, 0.15) is 11.6 Å². The number of rotatable bonds is 8. The number of amides is 2. The fourth-order valence-corrected chi connectivity index (χ4v) is 3.01. The molecule has 0 heterocycles. The van der Waals surface area contributed by atoms with Gasteiger partial charge in [0.05, 0.1) is 26.1 Å². The van der Waals surface area contributed by atoms with Gasteiger partial charge in [-0.1, -0.05) is 24.3 Å². The molecule has 1 aliphatic carbocycles. The van der Waals surface area contributed by atoms with Gasteiger partial charge >= 0.3 is 0 Å². The average molecular weight is 370 g/mol. The first kappa shape index (κ1) is 18.9. The van der Waals surface area contributed by atoms with Crippen LogP contribution in [-0.2, 0) is 16.0 Å². The summed E-state index contributed by atoms with van der Waals surface area (Å²) in [5.74, 6) is 0.248. The van der Waals surface area contributed by atoms with Gasteiger partial charge in [0.2, 0.25) is 11.8 Å². The Balaban J connectivity index is 1.51. The highest BCUT2D eigenvalue weighted by atomic mass is 19.1. The lowest BCUT2D eigenvalue weighted by Gasteiger charge is -2.19. The lowest BCUT2D eigenvalue weighted by atomic mass is 10.0. The minimum Gasteiger partial charge on any atom is -0.497 e. The fraction of sp³-hybridized carbons (Fsp3) is 0.333. The summed E-state index contributed by atoms with van der Waals surface area (Å²) in [6.07, 6.45) is 2.18. The van der Waals surface area contributed by atoms with E-state index in [1.165, 1.54) is 12.1 Å². The van der Waals surface area contributed by atoms with Crippen LogP contribution in [0.4, 0.5) is 4.39 Å². The summed E-state index contributed by atoms with van der Waals surface area (Å²) in [4.78, 5) is 24.3. The molecule has 142 valence electrons. The topological polar surface area (TPSA) is 67.4 Å². The van der Waals surface area contributed by atoms with Crippen molar-refractivity contribution in [2.45, 2.75) is 25.3 Å². The molecule has 0 radical (unpaired) electrons. The van der Waals surface area contributed by atoms with Crippen LogP contribution in [0.5, 0.6) is 5.75 Å². The van der Waals surface area contributed by atoms with Crippen molar-refractivity contribution in [1.82, 2.24) is 10.6 Å². The van der Waals surface area contributed by atoms with E-state index in [1.807, 2.05) is 24.3 Å². The van der Waals surface area contributed by atoms with E-state index in [1.54, 1.807) is 19.2 Å². The second-order valence-electron chi connectivity index (χ2n) is 6.74. The van der Waals surface area contributed by atoms with Crippen molar-refractivity contribution in [1.29, 1.82) is 0 Å². The minimum atomic E-state index is -0.384. The lowest BCUT2D eigenvalue weighted by Crippen LogP contribution is -2.39. The molecule has 0 aliphatic heterocycles. The van der Waals surface area contributed by atoms with Crippen molar-refractivity contribution in [3.63, 3.8) is 0 Å². The number of hydrogen-bond acceptors (Lipinski definition) is 3. The quantitative estimate of drug-likeness (QED) is 0.751. The molecule has 2 amide bonds. The van der Waals surface area contributed by atoms with Crippen molar-refractivity contribution < 1.29 is 18.7 Å². The predicted molar refractivity (Wildman–Crippen MR) is 99.7 cm³/mol. The third-order valence-corrected chi connectivity index (χ3v) is 4.58. The Kier molecular flexibility index (Phi) is 6.06. The molecule has 0 spiro atoms. The first-order valence-electron chi connectivity index (χ1n) is 8.99. The van der Waals surface area contributed by atoms with Crippen LogP contribution in [0.1, 0.15) is 30.0 Å². The Bertz CT molecular complexity index is 803. The van der Waals surface area contributed by atoms with E-state index in [9.17, 15) is 14.0 Å². The van der Waals surface area contributed by atoms with Crippen LogP contribution < -0.4 is 15.4 Å². The van der Waals surface area contributed by atoms with Crippen LogP contribution in [0.2, 0.25) is 0 Å². The molecule has 1 unspecified atom stereocenters. The molecule has 27 heavy (non-hydrogen) atoms. The standard InChI is InChI=1S/C21H23FN2O3/c1-27-18-9-7-16(8-10-18)21(15-5-6-15)24-20(26)13-23-19(25)12-14-3-2-4-17(22)11-14/h2-4,7-11,15,21H,5-6,12-13H2,1H3,(H,23,25)(H,24,26). The maximum absolute atomic E-state index is 13.2. The number of halogens is 1. The summed E-state index contributed by atoms with van der Waals surface area (Å²) in [6.45, 7) is -0.104. The summed E-state index contributed by atoms with van der Waals surface area (Å²) < 4.78 is 18.3. The minimum absolute atomic E-state index is 0.0373. The van der Waals surface area contributed by atoms with Crippen LogP contribution in [-0.4, -0.2) is 25.5 Å². The predicted octanol–water partition coefficient (Wildman–Crippen LogP) is 2.76. The van der Waals surface area contributed by atoms with Gasteiger partial charge in [-0.3, -0.25) is 9.59 Å². The third-order valence-electron chi connectivity index (χ3n) is 4.58. The number of ether oxygens (including phenoxy) is 1. The van der Waals surface area contributed by atoms with Crippen LogP contribution in [0, 0.1) is 11.7 Å². The molecule has 6 heteroatoms. The summed E-state index contributed by atoms with van der Waals surface area (Å²) in [7, 11) is 1.61. The van der Waals surface area contributed by atoms with Crippen molar-refractivity contribution >= 4 is 11.8 Å². The molecule has 0 saturated heterocycles. The molecule has 1 saturated carbocycles. The molecule has 0 bridgehead atoms. The molecule has 5 nitrogen and oxygen atoms in total. The van der Waals surface area contributed by atoms with Crippen LogP contribution >= 0.6 is 0 Å². The first-order valence-corrected chi connectivity index (χ1v) is 8.99. The number of carbonyl (C=O) groups excluding carboxylic acids is 2. The number of benzene rings is 2. The van der Waals surface area contributed by atoms with Crippen molar-refractivity contribution in [3.8, 4) is 5.75 Å². The Morgan fingerprint density at radius 1 is 1.15 bits per heavy atom.